The molecule has 0 fully saturated rings. The standard InChI is InChI=1S/C18H26NO6PS/c1-5-23-26(22,24-6-2)18-13(4)25-17(27-7-3)12-16(18)14-8-10-15(11-9-14)19(20)21/h8-11,16-17H,5-7,12H2,1-4H3/t16-,17+/m0/s1. The summed E-state index contributed by atoms with van der Waals surface area (Å²) in [6, 6.07) is 6.34. The molecule has 1 aromatic rings. The molecule has 0 aliphatic carbocycles. The molecule has 2 atom stereocenters. The molecule has 0 saturated heterocycles. The summed E-state index contributed by atoms with van der Waals surface area (Å²) in [6.45, 7) is 7.85. The maximum absolute atomic E-state index is 13.5. The van der Waals surface area contributed by atoms with Crippen LogP contribution in [0.5, 0.6) is 0 Å². The van der Waals surface area contributed by atoms with Crippen LogP contribution in [0.25, 0.3) is 0 Å². The molecule has 1 heterocycles. The molecule has 0 N–H and O–H groups in total. The van der Waals surface area contributed by atoms with Crippen molar-refractivity contribution < 1.29 is 23.3 Å². The van der Waals surface area contributed by atoms with Gasteiger partial charge in [0.15, 0.2) is 0 Å². The Kier molecular flexibility index (Phi) is 7.91. The maximum Gasteiger partial charge on any atom is 0.361 e. The van der Waals surface area contributed by atoms with Crippen LogP contribution in [0, 0.1) is 10.1 Å². The first-order valence-corrected chi connectivity index (χ1v) is 11.6. The quantitative estimate of drug-likeness (QED) is 0.291. The van der Waals surface area contributed by atoms with E-state index in [0.29, 0.717) is 17.5 Å². The molecule has 2 rings (SSSR count). The number of thioether (sulfide) groups is 1. The van der Waals surface area contributed by atoms with E-state index in [4.69, 9.17) is 13.8 Å². The van der Waals surface area contributed by atoms with Crippen LogP contribution in [0.2, 0.25) is 0 Å². The summed E-state index contributed by atoms with van der Waals surface area (Å²) in [6.07, 6.45) is 0.590. The average molecular weight is 415 g/mol. The average Bonchev–Trinajstić information content (AvgIpc) is 2.61. The van der Waals surface area contributed by atoms with Gasteiger partial charge < -0.3 is 13.8 Å². The number of allylic oxidation sites excluding steroid dienone is 2. The van der Waals surface area contributed by atoms with Gasteiger partial charge in [-0.2, -0.15) is 0 Å². The fraction of sp³-hybridized carbons (Fsp3) is 0.556. The van der Waals surface area contributed by atoms with Crippen LogP contribution in [0.1, 0.15) is 45.6 Å². The number of rotatable bonds is 9. The Balaban J connectivity index is 2.52. The van der Waals surface area contributed by atoms with Crippen LogP contribution in [-0.4, -0.2) is 29.3 Å². The molecule has 0 radical (unpaired) electrons. The van der Waals surface area contributed by atoms with Gasteiger partial charge in [0.1, 0.15) is 11.2 Å². The molecule has 0 saturated carbocycles. The van der Waals surface area contributed by atoms with Gasteiger partial charge in [-0.15, -0.1) is 11.8 Å². The van der Waals surface area contributed by atoms with E-state index in [9.17, 15) is 14.7 Å². The van der Waals surface area contributed by atoms with Gasteiger partial charge in [0.05, 0.1) is 23.5 Å². The van der Waals surface area contributed by atoms with Crippen LogP contribution in [-0.2, 0) is 18.3 Å². The Morgan fingerprint density at radius 1 is 1.22 bits per heavy atom. The Labute approximate surface area is 164 Å². The number of non-ortho nitro benzene ring substituents is 1. The highest BCUT2D eigenvalue weighted by Crippen LogP contribution is 2.64. The zero-order valence-corrected chi connectivity index (χ0v) is 17.8. The lowest BCUT2D eigenvalue weighted by atomic mass is 9.93. The fourth-order valence-electron chi connectivity index (χ4n) is 3.17. The molecule has 0 aromatic heterocycles. The van der Waals surface area contributed by atoms with Gasteiger partial charge in [-0.1, -0.05) is 19.1 Å². The highest BCUT2D eigenvalue weighted by atomic mass is 32.2. The third-order valence-corrected chi connectivity index (χ3v) is 7.59. The van der Waals surface area contributed by atoms with Crippen molar-refractivity contribution in [2.75, 3.05) is 19.0 Å². The topological polar surface area (TPSA) is 87.9 Å². The van der Waals surface area contributed by atoms with E-state index in [1.165, 1.54) is 12.1 Å². The minimum Gasteiger partial charge on any atom is -0.484 e. The number of nitro groups is 1. The van der Waals surface area contributed by atoms with Gasteiger partial charge in [0, 0.05) is 24.5 Å². The lowest BCUT2D eigenvalue weighted by Gasteiger charge is -2.35. The molecule has 0 bridgehead atoms. The summed E-state index contributed by atoms with van der Waals surface area (Å²) < 4.78 is 30.6. The van der Waals surface area contributed by atoms with Crippen molar-refractivity contribution in [3.63, 3.8) is 0 Å². The largest absolute Gasteiger partial charge is 0.484 e. The number of benzene rings is 1. The molecule has 27 heavy (non-hydrogen) atoms. The van der Waals surface area contributed by atoms with Gasteiger partial charge in [-0.05, 0) is 32.1 Å². The third kappa shape index (κ3) is 5.13. The summed E-state index contributed by atoms with van der Waals surface area (Å²) in [7, 11) is -3.54. The fourth-order valence-corrected chi connectivity index (χ4v) is 6.19. The van der Waals surface area contributed by atoms with Crippen LogP contribution in [0.4, 0.5) is 5.69 Å². The third-order valence-electron chi connectivity index (χ3n) is 4.18. The normalized spacial score (nSPS) is 20.4. The second-order valence-electron chi connectivity index (χ2n) is 5.91. The molecule has 0 unspecified atom stereocenters. The van der Waals surface area contributed by atoms with Gasteiger partial charge in [-0.25, -0.2) is 0 Å². The predicted molar refractivity (Wildman–Crippen MR) is 107 cm³/mol. The number of hydrogen-bond donors (Lipinski definition) is 0. The van der Waals surface area contributed by atoms with E-state index in [-0.39, 0.29) is 30.3 Å². The number of ether oxygens (including phenoxy) is 1. The molecule has 7 nitrogen and oxygen atoms in total. The Hall–Kier alpha value is -1.34. The smallest absolute Gasteiger partial charge is 0.361 e. The first kappa shape index (κ1) is 22.0. The van der Waals surface area contributed by atoms with Crippen molar-refractivity contribution in [2.24, 2.45) is 0 Å². The van der Waals surface area contributed by atoms with Crippen molar-refractivity contribution in [1.82, 2.24) is 0 Å². The van der Waals surface area contributed by atoms with Crippen molar-refractivity contribution in [3.05, 3.63) is 51.0 Å². The Morgan fingerprint density at radius 3 is 2.30 bits per heavy atom. The minimum atomic E-state index is -3.54. The molecule has 1 aliphatic heterocycles. The van der Waals surface area contributed by atoms with E-state index in [0.717, 1.165) is 11.3 Å². The van der Waals surface area contributed by atoms with Crippen LogP contribution in [0.3, 0.4) is 0 Å². The number of nitro benzene ring substituents is 1. The maximum atomic E-state index is 13.5. The Bertz CT molecular complexity index is 726. The summed E-state index contributed by atoms with van der Waals surface area (Å²) in [5.74, 6) is 1.17. The lowest BCUT2D eigenvalue weighted by Crippen LogP contribution is -2.23. The molecular formula is C18H26NO6PS. The lowest BCUT2D eigenvalue weighted by molar-refractivity contribution is -0.384. The van der Waals surface area contributed by atoms with Crippen LogP contribution in [0.15, 0.2) is 35.3 Å². The molecule has 0 spiro atoms. The van der Waals surface area contributed by atoms with E-state index in [1.54, 1.807) is 44.7 Å². The second-order valence-corrected chi connectivity index (χ2v) is 9.34. The predicted octanol–water partition coefficient (Wildman–Crippen LogP) is 5.68. The molecule has 0 amide bonds. The van der Waals surface area contributed by atoms with E-state index in [2.05, 4.69) is 6.92 Å². The number of nitrogens with zero attached hydrogens (tertiary/aromatic N) is 1. The molecule has 150 valence electrons. The van der Waals surface area contributed by atoms with Crippen molar-refractivity contribution in [2.45, 2.75) is 45.5 Å². The number of hydrogen-bond acceptors (Lipinski definition) is 7. The first-order valence-electron chi connectivity index (χ1n) is 8.99. The second kappa shape index (κ2) is 9.73. The SMILES string of the molecule is CCOP(=O)(OCC)C1=C(C)O[C@H](SCC)C[C@H]1c1ccc([N+](=O)[O-])cc1. The highest BCUT2D eigenvalue weighted by molar-refractivity contribution is 7.99. The summed E-state index contributed by atoms with van der Waals surface area (Å²) in [4.78, 5) is 10.5. The van der Waals surface area contributed by atoms with Crippen molar-refractivity contribution >= 4 is 25.0 Å². The zero-order valence-electron chi connectivity index (χ0n) is 16.0. The van der Waals surface area contributed by atoms with Gasteiger partial charge in [-0.3, -0.25) is 14.7 Å². The van der Waals surface area contributed by atoms with E-state index in [1.807, 2.05) is 0 Å². The van der Waals surface area contributed by atoms with Crippen molar-refractivity contribution in [1.29, 1.82) is 0 Å². The van der Waals surface area contributed by atoms with E-state index >= 15 is 0 Å². The van der Waals surface area contributed by atoms with Gasteiger partial charge in [0.2, 0.25) is 0 Å². The summed E-state index contributed by atoms with van der Waals surface area (Å²) in [5.41, 5.74) is 0.764. The first-order chi connectivity index (χ1) is 12.9. The van der Waals surface area contributed by atoms with E-state index < -0.39 is 12.5 Å². The molecule has 1 aromatic carbocycles. The summed E-state index contributed by atoms with van der Waals surface area (Å²) in [5, 5.41) is 11.5. The van der Waals surface area contributed by atoms with Gasteiger partial charge >= 0.3 is 7.60 Å². The van der Waals surface area contributed by atoms with Crippen LogP contribution >= 0.6 is 19.4 Å². The monoisotopic (exact) mass is 415 g/mol. The molecule has 9 heteroatoms. The minimum absolute atomic E-state index is 0.0188. The molecule has 1 aliphatic rings. The van der Waals surface area contributed by atoms with Crippen molar-refractivity contribution in [3.8, 4) is 0 Å². The zero-order chi connectivity index (χ0) is 20.0. The highest BCUT2D eigenvalue weighted by Gasteiger charge is 2.42. The Morgan fingerprint density at radius 2 is 1.81 bits per heavy atom. The summed E-state index contributed by atoms with van der Waals surface area (Å²) >= 11 is 1.67. The van der Waals surface area contributed by atoms with Crippen LogP contribution < -0.4 is 0 Å². The molecular weight excluding hydrogens is 389 g/mol. The van der Waals surface area contributed by atoms with Gasteiger partial charge in [0.25, 0.3) is 5.69 Å².